The largest absolute Gasteiger partial charge is 0.345 e. The standard InChI is InChI=1S/C16H13N3O/c1-9-12(4-2-11-7-15(20)19-16(9)11)10-3-5-13-14(6-10)18-8-17-13/h2-6,8H,7H2,1H3,(H,17,18)(H,19,20). The molecule has 3 aromatic rings. The number of hydrogen-bond acceptors (Lipinski definition) is 2. The number of amides is 1. The van der Waals surface area contributed by atoms with E-state index in [2.05, 4.69) is 40.4 Å². The Kier molecular flexibility index (Phi) is 2.21. The Balaban J connectivity index is 1.90. The Morgan fingerprint density at radius 1 is 1.20 bits per heavy atom. The molecule has 1 aliphatic rings. The molecule has 2 N–H and O–H groups in total. The summed E-state index contributed by atoms with van der Waals surface area (Å²) in [5, 5.41) is 2.95. The molecule has 4 heteroatoms. The number of hydrogen-bond donors (Lipinski definition) is 2. The molecule has 0 saturated heterocycles. The van der Waals surface area contributed by atoms with Crippen LogP contribution in [0.15, 0.2) is 36.7 Å². The van der Waals surface area contributed by atoms with E-state index in [0.29, 0.717) is 6.42 Å². The van der Waals surface area contributed by atoms with Crippen molar-refractivity contribution >= 4 is 22.6 Å². The van der Waals surface area contributed by atoms with Crippen LogP contribution >= 0.6 is 0 Å². The van der Waals surface area contributed by atoms with E-state index < -0.39 is 0 Å². The topological polar surface area (TPSA) is 57.8 Å². The van der Waals surface area contributed by atoms with Crippen molar-refractivity contribution < 1.29 is 4.79 Å². The van der Waals surface area contributed by atoms with Crippen LogP contribution in [0.3, 0.4) is 0 Å². The first-order valence-corrected chi connectivity index (χ1v) is 6.58. The Labute approximate surface area is 115 Å². The number of benzene rings is 2. The number of imidazole rings is 1. The average molecular weight is 263 g/mol. The van der Waals surface area contributed by atoms with Crippen molar-refractivity contribution in [2.75, 3.05) is 5.32 Å². The molecule has 2 aromatic carbocycles. The molecule has 98 valence electrons. The minimum Gasteiger partial charge on any atom is -0.345 e. The number of anilines is 1. The molecule has 1 amide bonds. The predicted molar refractivity (Wildman–Crippen MR) is 78.6 cm³/mol. The molecule has 1 aromatic heterocycles. The van der Waals surface area contributed by atoms with Gasteiger partial charge in [0.05, 0.1) is 23.8 Å². The molecule has 0 spiro atoms. The van der Waals surface area contributed by atoms with Gasteiger partial charge in [-0.1, -0.05) is 18.2 Å². The second-order valence-corrected chi connectivity index (χ2v) is 5.13. The van der Waals surface area contributed by atoms with Crippen LogP contribution in [0.25, 0.3) is 22.2 Å². The molecular formula is C16H13N3O. The lowest BCUT2D eigenvalue weighted by Crippen LogP contribution is -2.04. The van der Waals surface area contributed by atoms with Crippen LogP contribution in [0.5, 0.6) is 0 Å². The van der Waals surface area contributed by atoms with E-state index in [9.17, 15) is 4.79 Å². The summed E-state index contributed by atoms with van der Waals surface area (Å²) >= 11 is 0. The van der Waals surface area contributed by atoms with Gasteiger partial charge in [0, 0.05) is 5.69 Å². The third kappa shape index (κ3) is 1.54. The number of H-pyrrole nitrogens is 1. The number of carbonyl (C=O) groups is 1. The molecule has 0 fully saturated rings. The Bertz CT molecular complexity index is 848. The smallest absolute Gasteiger partial charge is 0.228 e. The molecule has 0 saturated carbocycles. The minimum absolute atomic E-state index is 0.0734. The van der Waals surface area contributed by atoms with Crippen LogP contribution in [-0.4, -0.2) is 15.9 Å². The maximum atomic E-state index is 11.5. The molecule has 0 aliphatic carbocycles. The van der Waals surface area contributed by atoms with Crippen LogP contribution in [0, 0.1) is 6.92 Å². The monoisotopic (exact) mass is 263 g/mol. The van der Waals surface area contributed by atoms with Gasteiger partial charge in [-0.25, -0.2) is 4.98 Å². The van der Waals surface area contributed by atoms with Crippen molar-refractivity contribution in [2.45, 2.75) is 13.3 Å². The van der Waals surface area contributed by atoms with Crippen molar-refractivity contribution in [3.05, 3.63) is 47.8 Å². The molecule has 0 unspecified atom stereocenters. The summed E-state index contributed by atoms with van der Waals surface area (Å²) in [6.45, 7) is 2.05. The highest BCUT2D eigenvalue weighted by Crippen LogP contribution is 2.35. The van der Waals surface area contributed by atoms with Gasteiger partial charge < -0.3 is 10.3 Å². The van der Waals surface area contributed by atoms with Crippen LogP contribution in [0.1, 0.15) is 11.1 Å². The number of nitrogens with zero attached hydrogens (tertiary/aromatic N) is 1. The van der Waals surface area contributed by atoms with Gasteiger partial charge in [0.2, 0.25) is 5.91 Å². The fourth-order valence-electron chi connectivity index (χ4n) is 2.86. The fraction of sp³-hybridized carbons (Fsp3) is 0.125. The molecule has 0 atom stereocenters. The van der Waals surface area contributed by atoms with Crippen molar-refractivity contribution in [2.24, 2.45) is 0 Å². The summed E-state index contributed by atoms with van der Waals surface area (Å²) in [5.74, 6) is 0.0734. The van der Waals surface area contributed by atoms with Gasteiger partial charge in [-0.2, -0.15) is 0 Å². The Hall–Kier alpha value is -2.62. The zero-order valence-electron chi connectivity index (χ0n) is 11.0. The lowest BCUT2D eigenvalue weighted by Gasteiger charge is -2.11. The van der Waals surface area contributed by atoms with Crippen LogP contribution in [-0.2, 0) is 11.2 Å². The molecule has 4 rings (SSSR count). The van der Waals surface area contributed by atoms with E-state index in [4.69, 9.17) is 0 Å². The molecule has 2 heterocycles. The maximum Gasteiger partial charge on any atom is 0.228 e. The van der Waals surface area contributed by atoms with Crippen molar-refractivity contribution in [1.29, 1.82) is 0 Å². The van der Waals surface area contributed by atoms with E-state index >= 15 is 0 Å². The number of nitrogens with one attached hydrogen (secondary N) is 2. The third-order valence-corrected chi connectivity index (χ3v) is 3.90. The van der Waals surface area contributed by atoms with Gasteiger partial charge >= 0.3 is 0 Å². The summed E-state index contributed by atoms with van der Waals surface area (Å²) < 4.78 is 0. The second kappa shape index (κ2) is 3.93. The normalized spacial score (nSPS) is 13.6. The molecule has 0 bridgehead atoms. The Morgan fingerprint density at radius 2 is 2.10 bits per heavy atom. The van der Waals surface area contributed by atoms with Gasteiger partial charge in [-0.05, 0) is 41.3 Å². The first-order chi connectivity index (χ1) is 9.72. The zero-order valence-corrected chi connectivity index (χ0v) is 11.0. The summed E-state index contributed by atoms with van der Waals surface area (Å²) in [4.78, 5) is 18.9. The van der Waals surface area contributed by atoms with Gasteiger partial charge in [0.25, 0.3) is 0 Å². The van der Waals surface area contributed by atoms with E-state index in [-0.39, 0.29) is 5.91 Å². The van der Waals surface area contributed by atoms with Crippen molar-refractivity contribution in [3.8, 4) is 11.1 Å². The molecule has 0 radical (unpaired) electrons. The Morgan fingerprint density at radius 3 is 3.00 bits per heavy atom. The van der Waals surface area contributed by atoms with E-state index in [1.54, 1.807) is 6.33 Å². The highest BCUT2D eigenvalue weighted by molar-refractivity contribution is 6.01. The first kappa shape index (κ1) is 11.2. The number of fused-ring (bicyclic) bond motifs is 2. The number of carbonyl (C=O) groups excluding carboxylic acids is 1. The van der Waals surface area contributed by atoms with Crippen LogP contribution in [0.4, 0.5) is 5.69 Å². The van der Waals surface area contributed by atoms with Crippen LogP contribution in [0.2, 0.25) is 0 Å². The first-order valence-electron chi connectivity index (χ1n) is 6.58. The van der Waals surface area contributed by atoms with Gasteiger partial charge in [0.15, 0.2) is 0 Å². The maximum absolute atomic E-state index is 11.5. The summed E-state index contributed by atoms with van der Waals surface area (Å²) in [6, 6.07) is 10.3. The third-order valence-electron chi connectivity index (χ3n) is 3.90. The van der Waals surface area contributed by atoms with Gasteiger partial charge in [-0.15, -0.1) is 0 Å². The fourth-order valence-corrected chi connectivity index (χ4v) is 2.86. The van der Waals surface area contributed by atoms with Gasteiger partial charge in [0.1, 0.15) is 0 Å². The minimum atomic E-state index is 0.0734. The predicted octanol–water partition coefficient (Wildman–Crippen LogP) is 3.03. The summed E-state index contributed by atoms with van der Waals surface area (Å²) in [5.41, 5.74) is 7.42. The average Bonchev–Trinajstić information content (AvgIpc) is 3.04. The lowest BCUT2D eigenvalue weighted by molar-refractivity contribution is -0.115. The molecule has 1 aliphatic heterocycles. The van der Waals surface area contributed by atoms with Crippen molar-refractivity contribution in [1.82, 2.24) is 9.97 Å². The summed E-state index contributed by atoms with van der Waals surface area (Å²) in [7, 11) is 0. The van der Waals surface area contributed by atoms with E-state index in [1.165, 1.54) is 0 Å². The summed E-state index contributed by atoms with van der Waals surface area (Å²) in [6.07, 6.45) is 2.18. The highest BCUT2D eigenvalue weighted by atomic mass is 16.1. The number of aromatic amines is 1. The van der Waals surface area contributed by atoms with E-state index in [1.807, 2.05) is 12.1 Å². The van der Waals surface area contributed by atoms with Crippen molar-refractivity contribution in [3.63, 3.8) is 0 Å². The SMILES string of the molecule is Cc1c(-c2ccc3nc[nH]c3c2)ccc2c1NC(=O)C2. The number of rotatable bonds is 1. The lowest BCUT2D eigenvalue weighted by atomic mass is 9.96. The number of aromatic nitrogens is 2. The van der Waals surface area contributed by atoms with Crippen LogP contribution < -0.4 is 5.32 Å². The highest BCUT2D eigenvalue weighted by Gasteiger charge is 2.21. The van der Waals surface area contributed by atoms with Gasteiger partial charge in [-0.3, -0.25) is 4.79 Å². The molecule has 20 heavy (non-hydrogen) atoms. The zero-order chi connectivity index (χ0) is 13.7. The van der Waals surface area contributed by atoms with E-state index in [0.717, 1.165) is 39.0 Å². The quantitative estimate of drug-likeness (QED) is 0.709. The molecule has 4 nitrogen and oxygen atoms in total. The second-order valence-electron chi connectivity index (χ2n) is 5.13. The molecular weight excluding hydrogens is 250 g/mol.